The molecule has 0 atom stereocenters. The molecule has 0 aliphatic rings. The van der Waals surface area contributed by atoms with Crippen LogP contribution in [0.3, 0.4) is 0 Å². The second-order valence-electron chi connectivity index (χ2n) is 6.67. The van der Waals surface area contributed by atoms with Crippen molar-refractivity contribution >= 4 is 36.4 Å². The maximum atomic E-state index is 6.52. The van der Waals surface area contributed by atoms with Crippen LogP contribution in [0.15, 0.2) is 42.5 Å². The van der Waals surface area contributed by atoms with Crippen molar-refractivity contribution in [3.63, 3.8) is 0 Å². The third-order valence-corrected chi connectivity index (χ3v) is 4.93. The molecule has 0 aliphatic carbocycles. The van der Waals surface area contributed by atoms with Crippen LogP contribution in [-0.2, 0) is 13.2 Å². The lowest BCUT2D eigenvalue weighted by Gasteiger charge is -2.18. The molecule has 7 heteroatoms. The van der Waals surface area contributed by atoms with Gasteiger partial charge in [0.1, 0.15) is 6.61 Å². The second-order valence-corrected chi connectivity index (χ2v) is 7.08. The first kappa shape index (κ1) is 28.8. The van der Waals surface area contributed by atoms with Gasteiger partial charge in [0.2, 0.25) is 0 Å². The maximum Gasteiger partial charge on any atom is 0.180 e. The lowest BCUT2D eigenvalue weighted by atomic mass is 10.2. The average molecular weight is 478 g/mol. The molecule has 0 fully saturated rings. The highest BCUT2D eigenvalue weighted by Gasteiger charge is 2.13. The molecule has 0 saturated carbocycles. The van der Waals surface area contributed by atoms with Crippen LogP contribution < -0.4 is 14.8 Å². The quantitative estimate of drug-likeness (QED) is 0.360. The van der Waals surface area contributed by atoms with Crippen molar-refractivity contribution in [1.29, 1.82) is 0 Å². The normalized spacial score (nSPS) is 10.3. The number of hydrogen-bond donors (Lipinski definition) is 1. The van der Waals surface area contributed by atoms with E-state index in [4.69, 9.17) is 21.1 Å². The number of rotatable bonds is 13. The van der Waals surface area contributed by atoms with E-state index in [1.807, 2.05) is 49.4 Å². The van der Waals surface area contributed by atoms with Gasteiger partial charge in [-0.25, -0.2) is 0 Å². The summed E-state index contributed by atoms with van der Waals surface area (Å²) in [5.41, 5.74) is 2.20. The molecule has 0 heterocycles. The number of ether oxygens (including phenoxy) is 2. The molecule has 0 spiro atoms. The summed E-state index contributed by atoms with van der Waals surface area (Å²) in [5.74, 6) is 1.31. The summed E-state index contributed by atoms with van der Waals surface area (Å²) in [6.07, 6.45) is 1.13. The van der Waals surface area contributed by atoms with Gasteiger partial charge >= 0.3 is 0 Å². The molecule has 170 valence electrons. The van der Waals surface area contributed by atoms with Gasteiger partial charge in [-0.1, -0.05) is 55.8 Å². The van der Waals surface area contributed by atoms with Crippen LogP contribution in [-0.4, -0.2) is 37.7 Å². The van der Waals surface area contributed by atoms with Gasteiger partial charge in [-0.3, -0.25) is 0 Å². The average Bonchev–Trinajstić information content (AvgIpc) is 2.71. The van der Waals surface area contributed by atoms with Crippen LogP contribution in [0.5, 0.6) is 11.5 Å². The second kappa shape index (κ2) is 16.5. The summed E-state index contributed by atoms with van der Waals surface area (Å²) in [6, 6.07) is 14.0. The van der Waals surface area contributed by atoms with Gasteiger partial charge in [-0.15, -0.1) is 24.8 Å². The fourth-order valence-corrected chi connectivity index (χ4v) is 3.34. The predicted octanol–water partition coefficient (Wildman–Crippen LogP) is 5.98. The lowest BCUT2D eigenvalue weighted by molar-refractivity contribution is 0.269. The molecule has 30 heavy (non-hydrogen) atoms. The first-order valence-electron chi connectivity index (χ1n) is 10.2. The summed E-state index contributed by atoms with van der Waals surface area (Å²) in [5, 5.41) is 4.08. The van der Waals surface area contributed by atoms with Gasteiger partial charge in [0.05, 0.1) is 11.6 Å². The van der Waals surface area contributed by atoms with Crippen molar-refractivity contribution in [3.8, 4) is 11.5 Å². The molecule has 2 aromatic rings. The smallest absolute Gasteiger partial charge is 0.180 e. The van der Waals surface area contributed by atoms with E-state index in [9.17, 15) is 0 Å². The summed E-state index contributed by atoms with van der Waals surface area (Å²) in [7, 11) is 0. The zero-order valence-electron chi connectivity index (χ0n) is 18.2. The number of hydrogen-bond acceptors (Lipinski definition) is 4. The Hall–Kier alpha value is -1.17. The molecule has 0 saturated heterocycles. The zero-order chi connectivity index (χ0) is 20.2. The summed E-state index contributed by atoms with van der Waals surface area (Å²) in [6.45, 7) is 12.5. The minimum absolute atomic E-state index is 0. The van der Waals surface area contributed by atoms with Crippen LogP contribution in [0.2, 0.25) is 5.02 Å². The number of nitrogens with one attached hydrogen (secondary N) is 1. The van der Waals surface area contributed by atoms with Crippen molar-refractivity contribution < 1.29 is 9.47 Å². The van der Waals surface area contributed by atoms with Crippen LogP contribution in [0, 0.1) is 0 Å². The van der Waals surface area contributed by atoms with E-state index in [1.165, 1.54) is 0 Å². The Labute approximate surface area is 199 Å². The number of benzene rings is 2. The topological polar surface area (TPSA) is 33.7 Å². The van der Waals surface area contributed by atoms with E-state index < -0.39 is 0 Å². The van der Waals surface area contributed by atoms with Gasteiger partial charge in [-0.2, -0.15) is 0 Å². The van der Waals surface area contributed by atoms with E-state index in [2.05, 4.69) is 24.1 Å². The van der Waals surface area contributed by atoms with E-state index in [0.717, 1.165) is 50.3 Å². The fourth-order valence-electron chi connectivity index (χ4n) is 3.06. The highest BCUT2D eigenvalue weighted by molar-refractivity contribution is 6.32. The Morgan fingerprint density at radius 1 is 0.933 bits per heavy atom. The monoisotopic (exact) mass is 476 g/mol. The first-order valence-corrected chi connectivity index (χ1v) is 10.6. The molecule has 1 N–H and O–H groups in total. The molecule has 2 rings (SSSR count). The first-order chi connectivity index (χ1) is 13.7. The Balaban J connectivity index is 0.00000420. The maximum absolute atomic E-state index is 6.52. The SMILES string of the molecule is CCOc1cc(CNCCCN(CC)CC)cc(Cl)c1OCc1ccccc1.Cl.Cl. The Kier molecular flexibility index (Phi) is 15.9. The van der Waals surface area contributed by atoms with Gasteiger partial charge in [-0.05, 0) is 62.8 Å². The van der Waals surface area contributed by atoms with Crippen molar-refractivity contribution in [1.82, 2.24) is 10.2 Å². The largest absolute Gasteiger partial charge is 0.490 e. The van der Waals surface area contributed by atoms with Crippen molar-refractivity contribution in [3.05, 3.63) is 58.6 Å². The highest BCUT2D eigenvalue weighted by Crippen LogP contribution is 2.37. The lowest BCUT2D eigenvalue weighted by Crippen LogP contribution is -2.27. The van der Waals surface area contributed by atoms with E-state index in [0.29, 0.717) is 29.7 Å². The molecule has 0 aliphatic heterocycles. The Bertz CT molecular complexity index is 698. The highest BCUT2D eigenvalue weighted by atomic mass is 35.5. The molecular weight excluding hydrogens is 443 g/mol. The molecule has 0 bridgehead atoms. The minimum Gasteiger partial charge on any atom is -0.490 e. The summed E-state index contributed by atoms with van der Waals surface area (Å²) >= 11 is 6.52. The summed E-state index contributed by atoms with van der Waals surface area (Å²) < 4.78 is 11.8. The number of halogens is 3. The van der Waals surface area contributed by atoms with Crippen LogP contribution in [0.1, 0.15) is 38.3 Å². The van der Waals surface area contributed by atoms with E-state index >= 15 is 0 Å². The molecule has 0 amide bonds. The van der Waals surface area contributed by atoms with Gasteiger partial charge in [0.25, 0.3) is 0 Å². The molecular formula is C23H35Cl3N2O2. The van der Waals surface area contributed by atoms with Gasteiger partial charge in [0, 0.05) is 6.54 Å². The minimum atomic E-state index is 0. The Morgan fingerprint density at radius 2 is 1.63 bits per heavy atom. The third kappa shape index (κ3) is 9.76. The third-order valence-electron chi connectivity index (χ3n) is 4.65. The van der Waals surface area contributed by atoms with E-state index in [-0.39, 0.29) is 24.8 Å². The van der Waals surface area contributed by atoms with Gasteiger partial charge < -0.3 is 19.7 Å². The summed E-state index contributed by atoms with van der Waals surface area (Å²) in [4.78, 5) is 2.44. The standard InChI is InChI=1S/C23H33ClN2O2.2ClH/c1-4-26(5-2)14-10-13-25-17-20-15-21(24)23(22(16-20)27-6-3)28-18-19-11-8-7-9-12-19;;/h7-9,11-12,15-16,25H,4-6,10,13-14,17-18H2,1-3H3;2*1H. The van der Waals surface area contributed by atoms with Crippen molar-refractivity contribution in [2.45, 2.75) is 40.3 Å². The van der Waals surface area contributed by atoms with Crippen molar-refractivity contribution in [2.24, 2.45) is 0 Å². The molecule has 0 radical (unpaired) electrons. The number of nitrogens with zero attached hydrogens (tertiary/aromatic N) is 1. The van der Waals surface area contributed by atoms with Crippen LogP contribution >= 0.6 is 36.4 Å². The van der Waals surface area contributed by atoms with E-state index in [1.54, 1.807) is 0 Å². The Morgan fingerprint density at radius 3 is 2.27 bits per heavy atom. The molecule has 0 aromatic heterocycles. The molecule has 2 aromatic carbocycles. The van der Waals surface area contributed by atoms with Gasteiger partial charge in [0.15, 0.2) is 11.5 Å². The molecule has 4 nitrogen and oxygen atoms in total. The zero-order valence-corrected chi connectivity index (χ0v) is 20.5. The predicted molar refractivity (Wildman–Crippen MR) is 132 cm³/mol. The van der Waals surface area contributed by atoms with Crippen molar-refractivity contribution in [2.75, 3.05) is 32.8 Å². The fraction of sp³-hybridized carbons (Fsp3) is 0.478. The van der Waals surface area contributed by atoms with Crippen LogP contribution in [0.4, 0.5) is 0 Å². The van der Waals surface area contributed by atoms with Crippen LogP contribution in [0.25, 0.3) is 0 Å². The molecule has 0 unspecified atom stereocenters.